The van der Waals surface area contributed by atoms with Crippen molar-refractivity contribution >= 4 is 17.3 Å². The van der Waals surface area contributed by atoms with E-state index in [2.05, 4.69) is 41.1 Å². The van der Waals surface area contributed by atoms with Crippen LogP contribution in [0, 0.1) is 23.2 Å². The molecule has 1 aromatic rings. The Bertz CT molecular complexity index is 976. The summed E-state index contributed by atoms with van der Waals surface area (Å²) in [5.41, 5.74) is 3.65. The smallest absolute Gasteiger partial charge is 0.169 e. The van der Waals surface area contributed by atoms with Crippen LogP contribution in [0.5, 0.6) is 5.75 Å². The Labute approximate surface area is 197 Å². The zero-order valence-corrected chi connectivity index (χ0v) is 20.3. The Kier molecular flexibility index (Phi) is 4.16. The van der Waals surface area contributed by atoms with Gasteiger partial charge in [0.2, 0.25) is 0 Å². The average Bonchev–Trinajstić information content (AvgIpc) is 3.43. The van der Waals surface area contributed by atoms with E-state index in [-0.39, 0.29) is 5.41 Å². The molecule has 4 bridgehead atoms. The highest BCUT2D eigenvalue weighted by Gasteiger charge is 2.76. The van der Waals surface area contributed by atoms with E-state index in [1.165, 1.54) is 69.2 Å². The van der Waals surface area contributed by atoms with E-state index in [0.29, 0.717) is 35.2 Å². The van der Waals surface area contributed by atoms with Gasteiger partial charge in [0.05, 0.1) is 0 Å². The van der Waals surface area contributed by atoms with Gasteiger partial charge in [-0.05, 0) is 124 Å². The fourth-order valence-electron chi connectivity index (χ4n) is 9.51. The predicted octanol–water partition coefficient (Wildman–Crippen LogP) is 4.05. The molecule has 2 aliphatic heterocycles. The van der Waals surface area contributed by atoms with Gasteiger partial charge in [0.25, 0.3) is 0 Å². The molecule has 2 saturated heterocycles. The number of benzene rings is 1. The van der Waals surface area contributed by atoms with Crippen molar-refractivity contribution in [1.82, 2.24) is 15.1 Å². The standard InChI is InChI=1S/C27H37N3OS/c1-16(2)28-25(32)30-15-19-13-26-8-7-22(30)24(19)27(26)9-10-29(14-17-3-4-17)23(26)11-18-5-6-20(31)12-21(18)27/h5-6,12,16-17,19,22-24,31H,3-4,7-11,13-15H2,1-2H3,(H,28,32)/t19-,22?,23-,24?,26-,27+/m1/s1. The largest absolute Gasteiger partial charge is 0.508 e. The molecule has 2 unspecified atom stereocenters. The summed E-state index contributed by atoms with van der Waals surface area (Å²) >= 11 is 5.92. The number of fused-ring (bicyclic) bond motifs is 1. The van der Waals surface area contributed by atoms with Gasteiger partial charge < -0.3 is 15.3 Å². The molecule has 4 aliphatic carbocycles. The number of aromatic hydroxyl groups is 1. The Hall–Kier alpha value is -1.33. The summed E-state index contributed by atoms with van der Waals surface area (Å²) in [5.74, 6) is 2.81. The fraction of sp³-hybridized carbons (Fsp3) is 0.741. The lowest BCUT2D eigenvalue weighted by atomic mass is 9.43. The van der Waals surface area contributed by atoms with E-state index >= 15 is 0 Å². The number of likely N-dealkylation sites (tertiary alicyclic amines) is 2. The van der Waals surface area contributed by atoms with Crippen LogP contribution in [0.2, 0.25) is 0 Å². The zero-order valence-electron chi connectivity index (χ0n) is 19.5. The van der Waals surface area contributed by atoms with Crippen molar-refractivity contribution in [3.8, 4) is 5.75 Å². The molecule has 1 aromatic carbocycles. The molecule has 0 aromatic heterocycles. The van der Waals surface area contributed by atoms with E-state index in [9.17, 15) is 5.11 Å². The average molecular weight is 452 g/mol. The second-order valence-electron chi connectivity index (χ2n) is 12.2. The Balaban J connectivity index is 1.35. The summed E-state index contributed by atoms with van der Waals surface area (Å²) < 4.78 is 0. The zero-order chi connectivity index (χ0) is 21.8. The van der Waals surface area contributed by atoms with Crippen molar-refractivity contribution in [2.75, 3.05) is 19.6 Å². The van der Waals surface area contributed by atoms with Gasteiger partial charge in [-0.25, -0.2) is 0 Å². The summed E-state index contributed by atoms with van der Waals surface area (Å²) in [4.78, 5) is 5.50. The molecular formula is C27H37N3OS. The number of phenols is 1. The van der Waals surface area contributed by atoms with Crippen LogP contribution in [0.4, 0.5) is 0 Å². The molecule has 2 heterocycles. The van der Waals surface area contributed by atoms with Crippen LogP contribution in [0.3, 0.4) is 0 Å². The second-order valence-corrected chi connectivity index (χ2v) is 12.6. The van der Waals surface area contributed by atoms with Gasteiger partial charge in [0.15, 0.2) is 5.11 Å². The Morgan fingerprint density at radius 2 is 2.09 bits per heavy atom. The quantitative estimate of drug-likeness (QED) is 0.679. The SMILES string of the molecule is CC(C)NC(=S)N1C[C@H]2C[C@@]34CCC1C2[C@@]31CCN(CC2CC2)[C@@H]4Cc2ccc(O)cc21. The van der Waals surface area contributed by atoms with E-state index < -0.39 is 0 Å². The first kappa shape index (κ1) is 20.1. The predicted molar refractivity (Wildman–Crippen MR) is 131 cm³/mol. The second kappa shape index (κ2) is 6.63. The maximum absolute atomic E-state index is 10.6. The van der Waals surface area contributed by atoms with Crippen LogP contribution in [0.25, 0.3) is 0 Å². The summed E-state index contributed by atoms with van der Waals surface area (Å²) in [7, 11) is 0. The normalized spacial score (nSPS) is 41.5. The molecule has 3 saturated carbocycles. The lowest BCUT2D eigenvalue weighted by Crippen LogP contribution is -2.70. The molecule has 0 spiro atoms. The molecule has 7 rings (SSSR count). The Morgan fingerprint density at radius 1 is 1.25 bits per heavy atom. The summed E-state index contributed by atoms with van der Waals surface area (Å²) in [6.45, 7) is 8.06. The van der Waals surface area contributed by atoms with Gasteiger partial charge >= 0.3 is 0 Å². The molecular weight excluding hydrogens is 414 g/mol. The molecule has 6 atom stereocenters. The van der Waals surface area contributed by atoms with Gasteiger partial charge in [-0.15, -0.1) is 0 Å². The lowest BCUT2D eigenvalue weighted by molar-refractivity contribution is -0.100. The molecule has 32 heavy (non-hydrogen) atoms. The van der Waals surface area contributed by atoms with Crippen molar-refractivity contribution in [1.29, 1.82) is 0 Å². The van der Waals surface area contributed by atoms with Crippen LogP contribution >= 0.6 is 12.2 Å². The van der Waals surface area contributed by atoms with Crippen LogP contribution in [0.1, 0.15) is 63.5 Å². The van der Waals surface area contributed by atoms with Crippen molar-refractivity contribution in [3.63, 3.8) is 0 Å². The highest BCUT2D eigenvalue weighted by atomic mass is 32.1. The van der Waals surface area contributed by atoms with Crippen molar-refractivity contribution < 1.29 is 5.11 Å². The van der Waals surface area contributed by atoms with Crippen molar-refractivity contribution in [2.24, 2.45) is 23.2 Å². The molecule has 0 amide bonds. The monoisotopic (exact) mass is 451 g/mol. The van der Waals surface area contributed by atoms with Crippen LogP contribution in [-0.2, 0) is 11.8 Å². The molecule has 2 N–H and O–H groups in total. The van der Waals surface area contributed by atoms with Crippen molar-refractivity contribution in [2.45, 2.75) is 82.3 Å². The van der Waals surface area contributed by atoms with Crippen molar-refractivity contribution in [3.05, 3.63) is 29.3 Å². The number of nitrogens with one attached hydrogen (secondary N) is 1. The number of nitrogens with zero attached hydrogens (tertiary/aromatic N) is 2. The number of hydrogen-bond donors (Lipinski definition) is 2. The fourth-order valence-corrected chi connectivity index (χ4v) is 9.95. The molecule has 4 nitrogen and oxygen atoms in total. The molecule has 5 fully saturated rings. The van der Waals surface area contributed by atoms with E-state index in [1.807, 2.05) is 6.07 Å². The minimum absolute atomic E-state index is 0.222. The Morgan fingerprint density at radius 3 is 2.88 bits per heavy atom. The van der Waals surface area contributed by atoms with Crippen LogP contribution in [0.15, 0.2) is 18.2 Å². The minimum Gasteiger partial charge on any atom is -0.508 e. The first-order valence-electron chi connectivity index (χ1n) is 13.1. The number of phenolic OH excluding ortho intramolecular Hbond substituents is 1. The number of piperidine rings is 1. The number of hydrogen-bond acceptors (Lipinski definition) is 3. The highest BCUT2D eigenvalue weighted by Crippen LogP contribution is 2.75. The van der Waals surface area contributed by atoms with Gasteiger partial charge in [-0.2, -0.15) is 0 Å². The van der Waals surface area contributed by atoms with Crippen LogP contribution in [-0.4, -0.2) is 57.8 Å². The van der Waals surface area contributed by atoms with Crippen LogP contribution < -0.4 is 5.32 Å². The van der Waals surface area contributed by atoms with E-state index in [1.54, 1.807) is 0 Å². The van der Waals surface area contributed by atoms with Gasteiger partial charge in [0, 0.05) is 36.6 Å². The third-order valence-corrected chi connectivity index (χ3v) is 10.8. The number of thiocarbonyl (C=S) groups is 1. The lowest BCUT2D eigenvalue weighted by Gasteiger charge is -2.66. The highest BCUT2D eigenvalue weighted by molar-refractivity contribution is 7.80. The third kappa shape index (κ3) is 2.45. The summed E-state index contributed by atoms with van der Waals surface area (Å²) in [6, 6.07) is 7.99. The molecule has 6 aliphatic rings. The maximum Gasteiger partial charge on any atom is 0.169 e. The molecule has 0 radical (unpaired) electrons. The number of rotatable bonds is 3. The first-order valence-corrected chi connectivity index (χ1v) is 13.5. The van der Waals surface area contributed by atoms with Gasteiger partial charge in [-0.3, -0.25) is 4.90 Å². The van der Waals surface area contributed by atoms with Gasteiger partial charge in [0.1, 0.15) is 5.75 Å². The topological polar surface area (TPSA) is 38.7 Å². The summed E-state index contributed by atoms with van der Waals surface area (Å²) in [6.07, 6.45) is 9.30. The summed E-state index contributed by atoms with van der Waals surface area (Å²) in [5, 5.41) is 15.1. The van der Waals surface area contributed by atoms with E-state index in [4.69, 9.17) is 12.2 Å². The van der Waals surface area contributed by atoms with E-state index in [0.717, 1.165) is 23.5 Å². The molecule has 172 valence electrons. The third-order valence-electron chi connectivity index (χ3n) is 10.4. The molecule has 5 heteroatoms. The first-order chi connectivity index (χ1) is 15.4. The minimum atomic E-state index is 0.222. The maximum atomic E-state index is 10.6. The van der Waals surface area contributed by atoms with Gasteiger partial charge in [-0.1, -0.05) is 6.07 Å².